The van der Waals surface area contributed by atoms with Crippen LogP contribution in [-0.4, -0.2) is 46.6 Å². The van der Waals surface area contributed by atoms with Crippen molar-refractivity contribution in [2.45, 2.75) is 39.2 Å². The molecule has 1 aromatic heterocycles. The van der Waals surface area contributed by atoms with Gasteiger partial charge >= 0.3 is 0 Å². The molecule has 1 aromatic carbocycles. The summed E-state index contributed by atoms with van der Waals surface area (Å²) in [6.07, 6.45) is 6.28. The smallest absolute Gasteiger partial charge is 0.229 e. The average Bonchev–Trinajstić information content (AvgIpc) is 3.32. The van der Waals surface area contributed by atoms with Crippen LogP contribution in [0.25, 0.3) is 0 Å². The minimum atomic E-state index is -0.0230. The number of imidazole rings is 1. The van der Waals surface area contributed by atoms with E-state index in [0.29, 0.717) is 13.2 Å². The summed E-state index contributed by atoms with van der Waals surface area (Å²) in [5, 5.41) is 3.06. The van der Waals surface area contributed by atoms with Crippen LogP contribution in [0.1, 0.15) is 30.8 Å². The number of nitrogens with one attached hydrogen (secondary N) is 1. The van der Waals surface area contributed by atoms with Crippen LogP contribution in [0.2, 0.25) is 0 Å². The number of amides is 1. The first-order valence-corrected chi connectivity index (χ1v) is 9.96. The van der Waals surface area contributed by atoms with Crippen LogP contribution in [0, 0.1) is 12.8 Å². The number of fused-ring (bicyclic) bond motifs is 1. The van der Waals surface area contributed by atoms with Gasteiger partial charge in [0.25, 0.3) is 0 Å². The van der Waals surface area contributed by atoms with Crippen LogP contribution in [0.4, 0.5) is 5.69 Å². The van der Waals surface area contributed by atoms with E-state index in [1.165, 1.54) is 31.6 Å². The predicted octanol–water partition coefficient (Wildman–Crippen LogP) is 2.87. The standard InChI is InChI=1S/C21H28N4O2/c1-16-22-14-19-8-7-17(15-25(16)19)21(26)23-18-5-4-6-20(13-18)27-12-11-24-9-2-3-10-24/h4-6,13-14,17H,2-3,7-12,15H2,1H3,(H,23,26). The van der Waals surface area contributed by atoms with Gasteiger partial charge in [0, 0.05) is 36.7 Å². The molecule has 1 saturated heterocycles. The van der Waals surface area contributed by atoms with Gasteiger partial charge in [-0.15, -0.1) is 0 Å². The molecule has 1 fully saturated rings. The van der Waals surface area contributed by atoms with E-state index in [2.05, 4.69) is 19.8 Å². The van der Waals surface area contributed by atoms with Gasteiger partial charge in [-0.05, 0) is 57.8 Å². The molecule has 144 valence electrons. The number of nitrogens with zero attached hydrogens (tertiary/aromatic N) is 3. The summed E-state index contributed by atoms with van der Waals surface area (Å²) >= 11 is 0. The van der Waals surface area contributed by atoms with Crippen molar-refractivity contribution < 1.29 is 9.53 Å². The molecular formula is C21H28N4O2. The highest BCUT2D eigenvalue weighted by atomic mass is 16.5. The van der Waals surface area contributed by atoms with Crippen LogP contribution in [-0.2, 0) is 17.8 Å². The number of likely N-dealkylation sites (tertiary alicyclic amines) is 1. The van der Waals surface area contributed by atoms with E-state index >= 15 is 0 Å². The second-order valence-electron chi connectivity index (χ2n) is 7.56. The van der Waals surface area contributed by atoms with Gasteiger partial charge in [0.1, 0.15) is 18.2 Å². The number of rotatable bonds is 6. The van der Waals surface area contributed by atoms with E-state index in [1.807, 2.05) is 37.4 Å². The van der Waals surface area contributed by atoms with E-state index in [0.717, 1.165) is 36.6 Å². The number of hydrogen-bond acceptors (Lipinski definition) is 4. The van der Waals surface area contributed by atoms with Crippen LogP contribution in [0.3, 0.4) is 0 Å². The number of aromatic nitrogens is 2. The Morgan fingerprint density at radius 3 is 3.04 bits per heavy atom. The Kier molecular flexibility index (Phi) is 5.43. The predicted molar refractivity (Wildman–Crippen MR) is 105 cm³/mol. The summed E-state index contributed by atoms with van der Waals surface area (Å²) in [5.41, 5.74) is 2.02. The van der Waals surface area contributed by atoms with Crippen molar-refractivity contribution in [3.63, 3.8) is 0 Å². The molecule has 4 rings (SSSR count). The summed E-state index contributed by atoms with van der Waals surface area (Å²) in [6.45, 7) is 6.71. The molecule has 1 atom stereocenters. The molecule has 3 heterocycles. The van der Waals surface area contributed by atoms with Crippen LogP contribution < -0.4 is 10.1 Å². The quantitative estimate of drug-likeness (QED) is 0.852. The zero-order valence-corrected chi connectivity index (χ0v) is 16.0. The van der Waals surface area contributed by atoms with Gasteiger partial charge < -0.3 is 14.6 Å². The van der Waals surface area contributed by atoms with Gasteiger partial charge in [-0.2, -0.15) is 0 Å². The number of benzene rings is 1. The van der Waals surface area contributed by atoms with Crippen molar-refractivity contribution in [1.82, 2.24) is 14.5 Å². The molecule has 2 aliphatic heterocycles. The Bertz CT molecular complexity index is 795. The monoisotopic (exact) mass is 368 g/mol. The molecule has 1 unspecified atom stereocenters. The number of carbonyl (C=O) groups excluding carboxylic acids is 1. The van der Waals surface area contributed by atoms with E-state index in [-0.39, 0.29) is 11.8 Å². The van der Waals surface area contributed by atoms with Crippen LogP contribution >= 0.6 is 0 Å². The molecule has 27 heavy (non-hydrogen) atoms. The van der Waals surface area contributed by atoms with Gasteiger partial charge in [0.05, 0.1) is 5.92 Å². The third-order valence-electron chi connectivity index (χ3n) is 5.64. The Morgan fingerprint density at radius 1 is 1.33 bits per heavy atom. The lowest BCUT2D eigenvalue weighted by Crippen LogP contribution is -2.31. The molecule has 2 aromatic rings. The molecule has 6 nitrogen and oxygen atoms in total. The molecule has 1 amide bonds. The molecule has 2 aliphatic rings. The molecule has 0 radical (unpaired) electrons. The fraction of sp³-hybridized carbons (Fsp3) is 0.524. The van der Waals surface area contributed by atoms with Crippen LogP contribution in [0.5, 0.6) is 5.75 Å². The first-order valence-electron chi connectivity index (χ1n) is 9.96. The first kappa shape index (κ1) is 18.0. The van der Waals surface area contributed by atoms with Gasteiger partial charge in [0.15, 0.2) is 0 Å². The van der Waals surface area contributed by atoms with E-state index in [4.69, 9.17) is 4.74 Å². The van der Waals surface area contributed by atoms with E-state index in [9.17, 15) is 4.79 Å². The molecule has 0 spiro atoms. The van der Waals surface area contributed by atoms with Crippen molar-refractivity contribution in [3.8, 4) is 5.75 Å². The highest BCUT2D eigenvalue weighted by Crippen LogP contribution is 2.24. The highest BCUT2D eigenvalue weighted by molar-refractivity contribution is 5.92. The number of ether oxygens (including phenoxy) is 1. The topological polar surface area (TPSA) is 59.4 Å². The minimum absolute atomic E-state index is 0.0230. The number of hydrogen-bond donors (Lipinski definition) is 1. The molecule has 0 saturated carbocycles. The maximum Gasteiger partial charge on any atom is 0.229 e. The second-order valence-corrected chi connectivity index (χ2v) is 7.56. The van der Waals surface area contributed by atoms with Gasteiger partial charge in [-0.3, -0.25) is 9.69 Å². The van der Waals surface area contributed by atoms with Crippen molar-refractivity contribution in [2.24, 2.45) is 5.92 Å². The first-order chi connectivity index (χ1) is 13.2. The lowest BCUT2D eigenvalue weighted by molar-refractivity contribution is -0.120. The Morgan fingerprint density at radius 2 is 2.19 bits per heavy atom. The number of anilines is 1. The lowest BCUT2D eigenvalue weighted by Gasteiger charge is -2.24. The third-order valence-corrected chi connectivity index (χ3v) is 5.64. The zero-order valence-electron chi connectivity index (χ0n) is 16.0. The Labute approximate surface area is 160 Å². The summed E-state index contributed by atoms with van der Waals surface area (Å²) in [7, 11) is 0. The van der Waals surface area contributed by atoms with Gasteiger partial charge in [-0.25, -0.2) is 4.98 Å². The zero-order chi connectivity index (χ0) is 18.6. The lowest BCUT2D eigenvalue weighted by atomic mass is 9.97. The fourth-order valence-corrected chi connectivity index (χ4v) is 4.02. The summed E-state index contributed by atoms with van der Waals surface area (Å²) in [6, 6.07) is 7.71. The fourth-order valence-electron chi connectivity index (χ4n) is 4.02. The minimum Gasteiger partial charge on any atom is -0.492 e. The van der Waals surface area contributed by atoms with Crippen molar-refractivity contribution >= 4 is 11.6 Å². The normalized spacial score (nSPS) is 19.7. The summed E-state index contributed by atoms with van der Waals surface area (Å²) in [5.74, 6) is 1.84. The maximum absolute atomic E-state index is 12.7. The molecule has 0 aliphatic carbocycles. The van der Waals surface area contributed by atoms with Gasteiger partial charge in [0.2, 0.25) is 5.91 Å². The Balaban J connectivity index is 1.31. The molecule has 6 heteroatoms. The molecular weight excluding hydrogens is 340 g/mol. The number of aryl methyl sites for hydroxylation is 2. The van der Waals surface area contributed by atoms with Crippen LogP contribution in [0.15, 0.2) is 30.5 Å². The number of carbonyl (C=O) groups is 1. The van der Waals surface area contributed by atoms with Crippen molar-refractivity contribution in [1.29, 1.82) is 0 Å². The van der Waals surface area contributed by atoms with Crippen molar-refractivity contribution in [2.75, 3.05) is 31.6 Å². The second kappa shape index (κ2) is 8.13. The SMILES string of the molecule is Cc1ncc2n1CC(C(=O)Nc1cccc(OCCN3CCCC3)c1)CC2. The van der Waals surface area contributed by atoms with E-state index < -0.39 is 0 Å². The average molecular weight is 368 g/mol. The third kappa shape index (κ3) is 4.33. The van der Waals surface area contributed by atoms with E-state index in [1.54, 1.807) is 0 Å². The summed E-state index contributed by atoms with van der Waals surface area (Å²) < 4.78 is 8.04. The highest BCUT2D eigenvalue weighted by Gasteiger charge is 2.26. The Hall–Kier alpha value is -2.34. The summed E-state index contributed by atoms with van der Waals surface area (Å²) in [4.78, 5) is 19.5. The maximum atomic E-state index is 12.7. The van der Waals surface area contributed by atoms with Gasteiger partial charge in [-0.1, -0.05) is 6.07 Å². The van der Waals surface area contributed by atoms with Crippen molar-refractivity contribution in [3.05, 3.63) is 42.0 Å². The molecule has 0 bridgehead atoms. The largest absolute Gasteiger partial charge is 0.492 e. The molecule has 1 N–H and O–H groups in total.